The third kappa shape index (κ3) is 4.78. The molecule has 1 rings (SSSR count). The van der Waals surface area contributed by atoms with Gasteiger partial charge in [0.1, 0.15) is 11.5 Å². The number of benzene rings is 1. The summed E-state index contributed by atoms with van der Waals surface area (Å²) < 4.78 is 31.2. The lowest BCUT2D eigenvalue weighted by atomic mass is 10.2. The highest BCUT2D eigenvalue weighted by molar-refractivity contribution is 5.62. The minimum Gasteiger partial charge on any atom is -0.385 e. The van der Waals surface area contributed by atoms with Crippen LogP contribution in [0.4, 0.5) is 20.2 Å². The van der Waals surface area contributed by atoms with E-state index < -0.39 is 22.2 Å². The Morgan fingerprint density at radius 2 is 2.05 bits per heavy atom. The number of halogens is 2. The fourth-order valence-corrected chi connectivity index (χ4v) is 1.66. The minimum atomic E-state index is -1.17. The molecule has 1 aromatic carbocycles. The number of anilines is 1. The van der Waals surface area contributed by atoms with Crippen molar-refractivity contribution in [1.29, 1.82) is 0 Å². The molecule has 0 aliphatic carbocycles. The number of hydrogen-bond donors (Lipinski definition) is 1. The summed E-state index contributed by atoms with van der Waals surface area (Å²) in [7, 11) is 1.61. The normalized spacial score (nSPS) is 10.5. The highest BCUT2D eigenvalue weighted by atomic mass is 19.1. The second kappa shape index (κ2) is 7.63. The first-order chi connectivity index (χ1) is 9.06. The van der Waals surface area contributed by atoms with Gasteiger partial charge in [-0.1, -0.05) is 0 Å². The van der Waals surface area contributed by atoms with Gasteiger partial charge in [0.25, 0.3) is 0 Å². The van der Waals surface area contributed by atoms with Gasteiger partial charge in [0.2, 0.25) is 5.82 Å². The first kappa shape index (κ1) is 15.3. The Morgan fingerprint density at radius 1 is 1.32 bits per heavy atom. The van der Waals surface area contributed by atoms with Gasteiger partial charge in [-0.15, -0.1) is 0 Å². The quantitative estimate of drug-likeness (QED) is 0.449. The third-order valence-corrected chi connectivity index (χ3v) is 2.55. The molecule has 0 radical (unpaired) electrons. The summed E-state index contributed by atoms with van der Waals surface area (Å²) in [6, 6.07) is 1.43. The summed E-state index contributed by atoms with van der Waals surface area (Å²) in [4.78, 5) is 9.86. The van der Waals surface area contributed by atoms with Crippen LogP contribution in [0.1, 0.15) is 19.3 Å². The second-order valence-corrected chi connectivity index (χ2v) is 4.02. The number of nitrogens with one attached hydrogen (secondary N) is 1. The summed E-state index contributed by atoms with van der Waals surface area (Å²) in [5.74, 6) is -2.02. The molecular weight excluding hydrogens is 258 g/mol. The molecule has 0 unspecified atom stereocenters. The maximum atomic E-state index is 13.3. The zero-order valence-electron chi connectivity index (χ0n) is 10.6. The molecule has 7 heteroatoms. The van der Waals surface area contributed by atoms with Crippen LogP contribution in [0.3, 0.4) is 0 Å². The Hall–Kier alpha value is -1.76. The topological polar surface area (TPSA) is 64.4 Å². The van der Waals surface area contributed by atoms with E-state index in [4.69, 9.17) is 4.74 Å². The van der Waals surface area contributed by atoms with Crippen LogP contribution in [0.2, 0.25) is 0 Å². The zero-order valence-corrected chi connectivity index (χ0v) is 10.6. The van der Waals surface area contributed by atoms with Gasteiger partial charge >= 0.3 is 5.69 Å². The number of rotatable bonds is 8. The van der Waals surface area contributed by atoms with Crippen LogP contribution in [-0.2, 0) is 4.74 Å². The van der Waals surface area contributed by atoms with Crippen molar-refractivity contribution in [3.05, 3.63) is 33.9 Å². The summed E-state index contributed by atoms with van der Waals surface area (Å²) in [6.07, 6.45) is 2.48. The van der Waals surface area contributed by atoms with Crippen LogP contribution < -0.4 is 5.32 Å². The molecule has 1 aromatic rings. The summed E-state index contributed by atoms with van der Waals surface area (Å²) in [5, 5.41) is 13.4. The molecule has 0 aromatic heterocycles. The molecule has 5 nitrogen and oxygen atoms in total. The van der Waals surface area contributed by atoms with E-state index in [1.807, 2.05) is 0 Å². The van der Waals surface area contributed by atoms with E-state index in [2.05, 4.69) is 5.32 Å². The first-order valence-electron chi connectivity index (χ1n) is 5.92. The SMILES string of the molecule is COCCCCCNc1cc(F)cc(F)c1[N+](=O)[O-]. The third-order valence-electron chi connectivity index (χ3n) is 2.55. The molecule has 0 bridgehead atoms. The van der Waals surface area contributed by atoms with E-state index in [-0.39, 0.29) is 5.69 Å². The number of hydrogen-bond acceptors (Lipinski definition) is 4. The van der Waals surface area contributed by atoms with Crippen LogP contribution in [-0.4, -0.2) is 25.2 Å². The van der Waals surface area contributed by atoms with E-state index in [1.54, 1.807) is 7.11 Å². The highest BCUT2D eigenvalue weighted by Gasteiger charge is 2.21. The van der Waals surface area contributed by atoms with Crippen molar-refractivity contribution in [2.45, 2.75) is 19.3 Å². The lowest BCUT2D eigenvalue weighted by Gasteiger charge is -2.07. The lowest BCUT2D eigenvalue weighted by Crippen LogP contribution is -2.06. The number of methoxy groups -OCH3 is 1. The molecule has 19 heavy (non-hydrogen) atoms. The molecular formula is C12H16F2N2O3. The van der Waals surface area contributed by atoms with Gasteiger partial charge in [0, 0.05) is 32.4 Å². The Labute approximate surface area is 109 Å². The standard InChI is InChI=1S/C12H16F2N2O3/c1-19-6-4-2-3-5-15-11-8-9(13)7-10(14)12(11)16(17)18/h7-8,15H,2-6H2,1H3. The predicted octanol–water partition coefficient (Wildman–Crippen LogP) is 3.10. The largest absolute Gasteiger partial charge is 0.385 e. The highest BCUT2D eigenvalue weighted by Crippen LogP contribution is 2.28. The average Bonchev–Trinajstić information content (AvgIpc) is 2.32. The smallest absolute Gasteiger partial charge is 0.327 e. The van der Waals surface area contributed by atoms with Crippen molar-refractivity contribution < 1.29 is 18.4 Å². The monoisotopic (exact) mass is 274 g/mol. The number of nitro groups is 1. The van der Waals surface area contributed by atoms with E-state index in [1.165, 1.54) is 0 Å². The summed E-state index contributed by atoms with van der Waals surface area (Å²) in [6.45, 7) is 1.06. The van der Waals surface area contributed by atoms with E-state index in [0.29, 0.717) is 19.2 Å². The molecule has 0 heterocycles. The van der Waals surface area contributed by atoms with Crippen molar-refractivity contribution in [3.63, 3.8) is 0 Å². The molecule has 0 saturated carbocycles. The van der Waals surface area contributed by atoms with Crippen molar-refractivity contribution in [2.75, 3.05) is 25.6 Å². The van der Waals surface area contributed by atoms with E-state index in [9.17, 15) is 18.9 Å². The molecule has 0 spiro atoms. The van der Waals surface area contributed by atoms with E-state index >= 15 is 0 Å². The van der Waals surface area contributed by atoms with Gasteiger partial charge in [0.05, 0.1) is 4.92 Å². The molecule has 0 atom stereocenters. The number of unbranched alkanes of at least 4 members (excludes halogenated alkanes) is 2. The Morgan fingerprint density at radius 3 is 2.68 bits per heavy atom. The maximum Gasteiger partial charge on any atom is 0.327 e. The predicted molar refractivity (Wildman–Crippen MR) is 67.2 cm³/mol. The average molecular weight is 274 g/mol. The second-order valence-electron chi connectivity index (χ2n) is 4.02. The van der Waals surface area contributed by atoms with Crippen molar-refractivity contribution >= 4 is 11.4 Å². The van der Waals surface area contributed by atoms with Gasteiger partial charge in [-0.3, -0.25) is 10.1 Å². The fraction of sp³-hybridized carbons (Fsp3) is 0.500. The number of ether oxygens (including phenoxy) is 1. The van der Waals surface area contributed by atoms with Gasteiger partial charge < -0.3 is 10.1 Å². The molecule has 0 aliphatic heterocycles. The van der Waals surface area contributed by atoms with Crippen molar-refractivity contribution in [2.24, 2.45) is 0 Å². The van der Waals surface area contributed by atoms with Gasteiger partial charge in [-0.2, -0.15) is 4.39 Å². The van der Waals surface area contributed by atoms with Crippen LogP contribution in [0.15, 0.2) is 12.1 Å². The van der Waals surface area contributed by atoms with Crippen LogP contribution >= 0.6 is 0 Å². The number of nitro benzene ring substituents is 1. The number of nitrogens with zero attached hydrogens (tertiary/aromatic N) is 1. The Kier molecular flexibility index (Phi) is 6.14. The van der Waals surface area contributed by atoms with Crippen molar-refractivity contribution in [1.82, 2.24) is 0 Å². The molecule has 0 fully saturated rings. The summed E-state index contributed by atoms with van der Waals surface area (Å²) >= 11 is 0. The van der Waals surface area contributed by atoms with Crippen LogP contribution in [0.5, 0.6) is 0 Å². The molecule has 0 aliphatic rings. The summed E-state index contributed by atoms with van der Waals surface area (Å²) in [5.41, 5.74) is -0.854. The molecule has 106 valence electrons. The molecule has 0 saturated heterocycles. The Bertz CT molecular complexity index is 441. The van der Waals surface area contributed by atoms with Crippen LogP contribution in [0, 0.1) is 21.7 Å². The van der Waals surface area contributed by atoms with Gasteiger partial charge in [0.15, 0.2) is 0 Å². The fourth-order valence-electron chi connectivity index (χ4n) is 1.66. The van der Waals surface area contributed by atoms with Gasteiger partial charge in [-0.25, -0.2) is 4.39 Å². The minimum absolute atomic E-state index is 0.130. The lowest BCUT2D eigenvalue weighted by molar-refractivity contribution is -0.386. The molecule has 1 N–H and O–H groups in total. The zero-order chi connectivity index (χ0) is 14.3. The molecule has 0 amide bonds. The van der Waals surface area contributed by atoms with E-state index in [0.717, 1.165) is 25.3 Å². The van der Waals surface area contributed by atoms with Gasteiger partial charge in [-0.05, 0) is 19.3 Å². The van der Waals surface area contributed by atoms with Crippen molar-refractivity contribution in [3.8, 4) is 0 Å². The first-order valence-corrected chi connectivity index (χ1v) is 5.92. The maximum absolute atomic E-state index is 13.3. The van der Waals surface area contributed by atoms with Crippen LogP contribution in [0.25, 0.3) is 0 Å². The Balaban J connectivity index is 2.59.